The Kier molecular flexibility index (Phi) is 6.94. The smallest absolute Gasteiger partial charge is 0.226 e. The van der Waals surface area contributed by atoms with Crippen LogP contribution in [-0.4, -0.2) is 60.1 Å². The number of aromatic nitrogens is 6. The Hall–Kier alpha value is -3.46. The molecule has 1 aliphatic rings. The average Bonchev–Trinajstić information content (AvgIpc) is 3.40. The Balaban J connectivity index is 1.26. The van der Waals surface area contributed by atoms with Crippen molar-refractivity contribution in [3.8, 4) is 0 Å². The zero-order valence-corrected chi connectivity index (χ0v) is 20.9. The monoisotopic (exact) mass is 473 g/mol. The second kappa shape index (κ2) is 10.4. The first kappa shape index (κ1) is 23.3. The predicted molar refractivity (Wildman–Crippen MR) is 139 cm³/mol. The van der Waals surface area contributed by atoms with Crippen LogP contribution in [0.5, 0.6) is 0 Å². The number of hydrogen-bond acceptors (Lipinski definition) is 7. The largest absolute Gasteiger partial charge is 0.368 e. The van der Waals surface area contributed by atoms with Crippen molar-refractivity contribution in [3.05, 3.63) is 59.9 Å². The van der Waals surface area contributed by atoms with Crippen LogP contribution in [0.2, 0.25) is 0 Å². The van der Waals surface area contributed by atoms with E-state index in [2.05, 4.69) is 65.4 Å². The molecule has 4 aromatic rings. The third-order valence-electron chi connectivity index (χ3n) is 6.95. The fraction of sp³-hybridized carbons (Fsp3) is 0.462. The number of rotatable bonds is 9. The third-order valence-corrected chi connectivity index (χ3v) is 6.95. The van der Waals surface area contributed by atoms with Gasteiger partial charge >= 0.3 is 0 Å². The lowest BCUT2D eigenvalue weighted by atomic mass is 9.97. The number of nitrogens with zero attached hydrogens (tertiary/aromatic N) is 7. The van der Waals surface area contributed by atoms with E-state index in [4.69, 9.17) is 4.98 Å². The molecule has 0 aliphatic carbocycles. The van der Waals surface area contributed by atoms with E-state index in [0.29, 0.717) is 11.9 Å². The molecule has 0 amide bonds. The van der Waals surface area contributed by atoms with Crippen molar-refractivity contribution in [2.45, 2.75) is 32.7 Å². The first-order valence-corrected chi connectivity index (χ1v) is 12.5. The molecule has 184 valence electrons. The highest BCUT2D eigenvalue weighted by Crippen LogP contribution is 2.24. The van der Waals surface area contributed by atoms with Gasteiger partial charge in [-0.25, -0.2) is 9.97 Å². The van der Waals surface area contributed by atoms with Gasteiger partial charge in [0.25, 0.3) is 0 Å². The minimum absolute atomic E-state index is 0.577. The zero-order chi connectivity index (χ0) is 24.2. The van der Waals surface area contributed by atoms with E-state index >= 15 is 0 Å². The van der Waals surface area contributed by atoms with Gasteiger partial charge in [-0.1, -0.05) is 30.3 Å². The van der Waals surface area contributed by atoms with Crippen LogP contribution in [0.4, 0.5) is 11.8 Å². The van der Waals surface area contributed by atoms with E-state index in [9.17, 15) is 0 Å². The van der Waals surface area contributed by atoms with E-state index in [0.717, 1.165) is 62.0 Å². The summed E-state index contributed by atoms with van der Waals surface area (Å²) in [6.45, 7) is 6.89. The maximum absolute atomic E-state index is 4.86. The van der Waals surface area contributed by atoms with Crippen molar-refractivity contribution >= 4 is 22.9 Å². The number of piperidine rings is 1. The highest BCUT2D eigenvalue weighted by Gasteiger charge is 2.21. The molecule has 1 saturated heterocycles. The molecule has 0 bridgehead atoms. The van der Waals surface area contributed by atoms with E-state index in [-0.39, 0.29) is 0 Å². The van der Waals surface area contributed by atoms with Crippen LogP contribution < -0.4 is 10.6 Å². The molecule has 0 saturated carbocycles. The molecule has 35 heavy (non-hydrogen) atoms. The first-order chi connectivity index (χ1) is 17.1. The first-order valence-electron chi connectivity index (χ1n) is 12.5. The summed E-state index contributed by atoms with van der Waals surface area (Å²) in [4.78, 5) is 21.0. The van der Waals surface area contributed by atoms with Crippen molar-refractivity contribution in [1.82, 2.24) is 34.0 Å². The van der Waals surface area contributed by atoms with Gasteiger partial charge in [-0.3, -0.25) is 4.90 Å². The van der Waals surface area contributed by atoms with Gasteiger partial charge in [-0.05, 0) is 37.8 Å². The molecule has 0 radical (unpaired) electrons. The maximum atomic E-state index is 4.86. The molecule has 3 aromatic heterocycles. The van der Waals surface area contributed by atoms with Crippen molar-refractivity contribution in [2.24, 2.45) is 20.0 Å². The Morgan fingerprint density at radius 2 is 1.91 bits per heavy atom. The molecule has 1 aromatic carbocycles. The molecular weight excluding hydrogens is 438 g/mol. The SMILES string of the molecule is Cc1nc2nc(NCCc3cncn3C)nc(NCC3CCCN(Cc4ccccc4)C3)c2n1C. The molecule has 1 fully saturated rings. The molecule has 0 spiro atoms. The number of likely N-dealkylation sites (tertiary alicyclic amines) is 1. The Morgan fingerprint density at radius 3 is 2.71 bits per heavy atom. The number of aryl methyl sites for hydroxylation is 3. The van der Waals surface area contributed by atoms with E-state index in [1.165, 1.54) is 24.1 Å². The molecule has 9 nitrogen and oxygen atoms in total. The summed E-state index contributed by atoms with van der Waals surface area (Å²) >= 11 is 0. The highest BCUT2D eigenvalue weighted by atomic mass is 15.2. The fourth-order valence-electron chi connectivity index (χ4n) is 4.89. The van der Waals surface area contributed by atoms with Gasteiger partial charge in [-0.15, -0.1) is 0 Å². The molecule has 5 rings (SSSR count). The topological polar surface area (TPSA) is 88.7 Å². The fourth-order valence-corrected chi connectivity index (χ4v) is 4.89. The number of benzene rings is 1. The molecule has 2 N–H and O–H groups in total. The minimum atomic E-state index is 0.577. The lowest BCUT2D eigenvalue weighted by Gasteiger charge is -2.33. The minimum Gasteiger partial charge on any atom is -0.368 e. The standard InChI is InChI=1S/C26H35N9/c1-19-30-25-23(34(19)3)24(31-26(32-25)28-12-11-22-15-27-18-33(22)2)29-14-21-10-7-13-35(17-21)16-20-8-5-4-6-9-20/h4-6,8-9,15,18,21H,7,10-14,16-17H2,1-3H3,(H2,28,29,31,32). The number of anilines is 2. The van der Waals surface area contributed by atoms with Gasteiger partial charge in [0.1, 0.15) is 11.3 Å². The van der Waals surface area contributed by atoms with Crippen molar-refractivity contribution in [2.75, 3.05) is 36.8 Å². The maximum Gasteiger partial charge on any atom is 0.226 e. The predicted octanol–water partition coefficient (Wildman–Crippen LogP) is 3.38. The summed E-state index contributed by atoms with van der Waals surface area (Å²) in [6, 6.07) is 10.8. The summed E-state index contributed by atoms with van der Waals surface area (Å²) in [5.41, 5.74) is 4.23. The molecule has 4 heterocycles. The van der Waals surface area contributed by atoms with Crippen LogP contribution in [0.15, 0.2) is 42.9 Å². The van der Waals surface area contributed by atoms with Crippen LogP contribution in [0.1, 0.15) is 29.9 Å². The van der Waals surface area contributed by atoms with E-state index < -0.39 is 0 Å². The van der Waals surface area contributed by atoms with Gasteiger partial charge in [0.05, 0.1) is 6.33 Å². The van der Waals surface area contributed by atoms with Crippen molar-refractivity contribution < 1.29 is 0 Å². The Bertz CT molecular complexity index is 1260. The van der Waals surface area contributed by atoms with E-state index in [1.807, 2.05) is 38.1 Å². The van der Waals surface area contributed by atoms with Gasteiger partial charge < -0.3 is 19.8 Å². The van der Waals surface area contributed by atoms with Crippen LogP contribution in [0, 0.1) is 12.8 Å². The Labute approximate surface area is 206 Å². The van der Waals surface area contributed by atoms with Crippen LogP contribution in [-0.2, 0) is 27.1 Å². The normalized spacial score (nSPS) is 16.6. The van der Waals surface area contributed by atoms with Gasteiger partial charge in [0, 0.05) is 58.6 Å². The number of imidazole rings is 2. The summed E-state index contributed by atoms with van der Waals surface area (Å²) in [5.74, 6) is 2.96. The van der Waals surface area contributed by atoms with Crippen LogP contribution >= 0.6 is 0 Å². The number of fused-ring (bicyclic) bond motifs is 1. The van der Waals surface area contributed by atoms with Crippen molar-refractivity contribution in [1.29, 1.82) is 0 Å². The highest BCUT2D eigenvalue weighted by molar-refractivity contribution is 5.85. The van der Waals surface area contributed by atoms with Gasteiger partial charge in [0.15, 0.2) is 11.5 Å². The lowest BCUT2D eigenvalue weighted by molar-refractivity contribution is 0.173. The van der Waals surface area contributed by atoms with Gasteiger partial charge in [0.2, 0.25) is 5.95 Å². The summed E-state index contributed by atoms with van der Waals surface area (Å²) in [5, 5.41) is 7.04. The quantitative estimate of drug-likeness (QED) is 0.385. The van der Waals surface area contributed by atoms with Gasteiger partial charge in [-0.2, -0.15) is 9.97 Å². The lowest BCUT2D eigenvalue weighted by Crippen LogP contribution is -2.37. The molecule has 1 aliphatic heterocycles. The summed E-state index contributed by atoms with van der Waals surface area (Å²) in [6.07, 6.45) is 7.02. The van der Waals surface area contributed by atoms with Crippen LogP contribution in [0.25, 0.3) is 11.2 Å². The second-order valence-electron chi connectivity index (χ2n) is 9.57. The molecular formula is C26H35N9. The summed E-state index contributed by atoms with van der Waals surface area (Å²) in [7, 11) is 4.03. The average molecular weight is 474 g/mol. The number of nitrogens with one attached hydrogen (secondary N) is 2. The van der Waals surface area contributed by atoms with Crippen molar-refractivity contribution in [3.63, 3.8) is 0 Å². The molecule has 1 unspecified atom stereocenters. The Morgan fingerprint density at radius 1 is 1.06 bits per heavy atom. The molecule has 9 heteroatoms. The third kappa shape index (κ3) is 5.45. The summed E-state index contributed by atoms with van der Waals surface area (Å²) < 4.78 is 4.10. The molecule has 1 atom stereocenters. The van der Waals surface area contributed by atoms with E-state index in [1.54, 1.807) is 0 Å². The van der Waals surface area contributed by atoms with Crippen LogP contribution in [0.3, 0.4) is 0 Å². The second-order valence-corrected chi connectivity index (χ2v) is 9.57. The zero-order valence-electron chi connectivity index (χ0n) is 20.9. The number of hydrogen-bond donors (Lipinski definition) is 2.